The molecule has 0 saturated carbocycles. The Morgan fingerprint density at radius 2 is 2.11 bits per heavy atom. The summed E-state index contributed by atoms with van der Waals surface area (Å²) in [6, 6.07) is 2.78. The van der Waals surface area contributed by atoms with Crippen molar-refractivity contribution < 1.29 is 19.5 Å². The summed E-state index contributed by atoms with van der Waals surface area (Å²) in [5.41, 5.74) is 0.261. The molecule has 1 aliphatic heterocycles. The Morgan fingerprint density at radius 3 is 2.68 bits per heavy atom. The van der Waals surface area contributed by atoms with E-state index in [1.807, 2.05) is 0 Å². The van der Waals surface area contributed by atoms with Gasteiger partial charge in [-0.2, -0.15) is 0 Å². The molecule has 98 valence electrons. The third-order valence-electron chi connectivity index (χ3n) is 2.27. The van der Waals surface area contributed by atoms with Crippen LogP contribution in [0.5, 0.6) is 0 Å². The van der Waals surface area contributed by atoms with E-state index in [2.05, 4.69) is 4.98 Å². The monoisotopic (exact) mass is 280 g/mol. The van der Waals surface area contributed by atoms with E-state index in [0.717, 1.165) is 0 Å². The molecule has 8 heteroatoms. The number of aromatic amines is 1. The smallest absolute Gasteiger partial charge is 0.323 e. The number of carbonyl (C=O) groups is 3. The molecular formula is C11H8N2O5S. The first-order chi connectivity index (χ1) is 8.97. The lowest BCUT2D eigenvalue weighted by molar-refractivity contribution is -0.140. The zero-order valence-electron chi connectivity index (χ0n) is 9.45. The predicted octanol–water partition coefficient (Wildman–Crippen LogP) is 0.496. The van der Waals surface area contributed by atoms with E-state index < -0.39 is 23.7 Å². The van der Waals surface area contributed by atoms with Gasteiger partial charge < -0.3 is 10.1 Å². The van der Waals surface area contributed by atoms with E-state index in [9.17, 15) is 19.2 Å². The molecule has 2 amide bonds. The zero-order chi connectivity index (χ0) is 14.0. The summed E-state index contributed by atoms with van der Waals surface area (Å²) in [6.07, 6.45) is 2.82. The molecular weight excluding hydrogens is 272 g/mol. The first-order valence-electron chi connectivity index (χ1n) is 5.13. The number of carboxylic acid groups (broad SMARTS) is 1. The number of amides is 2. The van der Waals surface area contributed by atoms with E-state index in [-0.39, 0.29) is 10.5 Å². The molecule has 2 N–H and O–H groups in total. The minimum atomic E-state index is -1.26. The number of thioether (sulfide) groups is 1. The lowest BCUT2D eigenvalue weighted by atomic mass is 10.2. The van der Waals surface area contributed by atoms with Crippen LogP contribution in [0.4, 0.5) is 4.79 Å². The number of hydrogen-bond donors (Lipinski definition) is 2. The number of carboxylic acids is 1. The summed E-state index contributed by atoms with van der Waals surface area (Å²) in [5.74, 6) is -1.91. The number of nitrogens with one attached hydrogen (secondary N) is 1. The summed E-state index contributed by atoms with van der Waals surface area (Å²) in [4.78, 5) is 47.9. The number of imide groups is 1. The predicted molar refractivity (Wildman–Crippen MR) is 67.4 cm³/mol. The van der Waals surface area contributed by atoms with Crippen molar-refractivity contribution in [2.75, 3.05) is 6.54 Å². The van der Waals surface area contributed by atoms with Crippen molar-refractivity contribution >= 4 is 35.0 Å². The molecule has 7 nitrogen and oxygen atoms in total. The molecule has 1 aromatic heterocycles. The quantitative estimate of drug-likeness (QED) is 0.780. The van der Waals surface area contributed by atoms with Crippen LogP contribution in [-0.2, 0) is 9.59 Å². The van der Waals surface area contributed by atoms with Crippen LogP contribution in [-0.4, -0.2) is 38.7 Å². The number of hydrogen-bond acceptors (Lipinski definition) is 5. The van der Waals surface area contributed by atoms with Gasteiger partial charge in [-0.15, -0.1) is 0 Å². The van der Waals surface area contributed by atoms with Crippen molar-refractivity contribution in [1.29, 1.82) is 0 Å². The Balaban J connectivity index is 2.25. The average Bonchev–Trinajstić information content (AvgIpc) is 2.60. The van der Waals surface area contributed by atoms with Crippen molar-refractivity contribution in [3.05, 3.63) is 39.2 Å². The average molecular weight is 280 g/mol. The van der Waals surface area contributed by atoms with Crippen molar-refractivity contribution in [2.24, 2.45) is 0 Å². The molecule has 0 aliphatic carbocycles. The Morgan fingerprint density at radius 1 is 1.37 bits per heavy atom. The van der Waals surface area contributed by atoms with E-state index in [1.165, 1.54) is 24.4 Å². The fourth-order valence-electron chi connectivity index (χ4n) is 1.44. The molecule has 0 aromatic carbocycles. The highest BCUT2D eigenvalue weighted by Gasteiger charge is 2.36. The second-order valence-corrected chi connectivity index (χ2v) is 4.64. The van der Waals surface area contributed by atoms with Gasteiger partial charge in [-0.1, -0.05) is 0 Å². The minimum absolute atomic E-state index is 0.123. The second-order valence-electron chi connectivity index (χ2n) is 3.65. The van der Waals surface area contributed by atoms with Crippen LogP contribution >= 0.6 is 11.8 Å². The fraction of sp³-hybridized carbons (Fsp3) is 0.0909. The molecule has 1 aliphatic rings. The van der Waals surface area contributed by atoms with Gasteiger partial charge in [0.05, 0.1) is 4.91 Å². The summed E-state index contributed by atoms with van der Waals surface area (Å²) in [5, 5.41) is 7.98. The van der Waals surface area contributed by atoms with Crippen LogP contribution in [0.2, 0.25) is 0 Å². The number of nitrogens with zero attached hydrogens (tertiary/aromatic N) is 1. The van der Waals surface area contributed by atoms with Crippen LogP contribution in [0.1, 0.15) is 5.56 Å². The Labute approximate surface area is 110 Å². The number of rotatable bonds is 3. The highest BCUT2D eigenvalue weighted by molar-refractivity contribution is 8.18. The lowest BCUT2D eigenvalue weighted by Crippen LogP contribution is -2.33. The maximum absolute atomic E-state index is 11.8. The van der Waals surface area contributed by atoms with Crippen LogP contribution in [0.3, 0.4) is 0 Å². The van der Waals surface area contributed by atoms with Crippen molar-refractivity contribution in [1.82, 2.24) is 9.88 Å². The van der Waals surface area contributed by atoms with E-state index >= 15 is 0 Å². The van der Waals surface area contributed by atoms with Crippen molar-refractivity contribution in [2.45, 2.75) is 0 Å². The normalized spacial score (nSPS) is 17.3. The van der Waals surface area contributed by atoms with Gasteiger partial charge in [0.25, 0.3) is 11.1 Å². The maximum atomic E-state index is 11.8. The Hall–Kier alpha value is -2.35. The summed E-state index contributed by atoms with van der Waals surface area (Å²) in [7, 11) is 0. The van der Waals surface area contributed by atoms with Gasteiger partial charge >= 0.3 is 5.97 Å². The molecule has 2 rings (SSSR count). The molecule has 0 unspecified atom stereocenters. The minimum Gasteiger partial charge on any atom is -0.480 e. The van der Waals surface area contributed by atoms with Crippen molar-refractivity contribution in [3.63, 3.8) is 0 Å². The number of pyridine rings is 1. The first-order valence-corrected chi connectivity index (χ1v) is 5.95. The number of H-pyrrole nitrogens is 1. The number of carbonyl (C=O) groups excluding carboxylic acids is 2. The SMILES string of the molecule is O=C(O)CN1C(=O)S/C(=C\c2ccc(=O)[nH]c2)C1=O. The van der Waals surface area contributed by atoms with Gasteiger partial charge in [0.15, 0.2) is 0 Å². The van der Waals surface area contributed by atoms with Crippen LogP contribution in [0.25, 0.3) is 6.08 Å². The molecule has 0 spiro atoms. The molecule has 1 aromatic rings. The zero-order valence-corrected chi connectivity index (χ0v) is 10.3. The first kappa shape index (κ1) is 13.1. The van der Waals surface area contributed by atoms with Gasteiger partial charge in [-0.05, 0) is 29.5 Å². The largest absolute Gasteiger partial charge is 0.480 e. The topological polar surface area (TPSA) is 108 Å². The van der Waals surface area contributed by atoms with Gasteiger partial charge in [-0.25, -0.2) is 0 Å². The summed E-state index contributed by atoms with van der Waals surface area (Å²) < 4.78 is 0. The fourth-order valence-corrected chi connectivity index (χ4v) is 2.27. The third kappa shape index (κ3) is 2.91. The second kappa shape index (κ2) is 5.11. The van der Waals surface area contributed by atoms with Gasteiger partial charge in [0, 0.05) is 12.3 Å². The maximum Gasteiger partial charge on any atom is 0.323 e. The Bertz CT molecular complexity index is 628. The molecule has 0 bridgehead atoms. The standard InChI is InChI=1S/C11H8N2O5S/c14-8-2-1-6(4-12-8)3-7-10(17)13(5-9(15)16)11(18)19-7/h1-4H,5H2,(H,12,14)(H,15,16)/b7-3-. The summed E-state index contributed by atoms with van der Waals surface area (Å²) in [6.45, 7) is -0.659. The van der Waals surface area contributed by atoms with E-state index in [1.54, 1.807) is 0 Å². The lowest BCUT2D eigenvalue weighted by Gasteiger charge is -2.07. The molecule has 1 fully saturated rings. The Kier molecular flexibility index (Phi) is 3.52. The molecule has 1 saturated heterocycles. The van der Waals surface area contributed by atoms with Gasteiger partial charge in [0.1, 0.15) is 6.54 Å². The van der Waals surface area contributed by atoms with Gasteiger partial charge in [0.2, 0.25) is 5.56 Å². The number of aliphatic carboxylic acids is 1. The third-order valence-corrected chi connectivity index (χ3v) is 3.18. The van der Waals surface area contributed by atoms with Gasteiger partial charge in [-0.3, -0.25) is 24.1 Å². The van der Waals surface area contributed by atoms with Crippen LogP contribution in [0.15, 0.2) is 28.0 Å². The van der Waals surface area contributed by atoms with E-state index in [4.69, 9.17) is 5.11 Å². The molecule has 0 radical (unpaired) electrons. The highest BCUT2D eigenvalue weighted by Crippen LogP contribution is 2.31. The van der Waals surface area contributed by atoms with E-state index in [0.29, 0.717) is 22.2 Å². The molecule has 19 heavy (non-hydrogen) atoms. The molecule has 0 atom stereocenters. The van der Waals surface area contributed by atoms with Crippen LogP contribution in [0, 0.1) is 0 Å². The highest BCUT2D eigenvalue weighted by atomic mass is 32.2. The van der Waals surface area contributed by atoms with Crippen molar-refractivity contribution in [3.8, 4) is 0 Å². The summed E-state index contributed by atoms with van der Waals surface area (Å²) >= 11 is 0.666. The number of aromatic nitrogens is 1. The molecule has 2 heterocycles. The van der Waals surface area contributed by atoms with Crippen LogP contribution < -0.4 is 5.56 Å².